The number of ether oxygens (including phenoxy) is 1. The molecule has 1 fully saturated rings. The van der Waals surface area contributed by atoms with Crippen LogP contribution in [-0.4, -0.2) is 32.3 Å². The lowest BCUT2D eigenvalue weighted by molar-refractivity contribution is 0.106. The van der Waals surface area contributed by atoms with Gasteiger partial charge < -0.3 is 15.0 Å². The van der Waals surface area contributed by atoms with E-state index in [2.05, 4.69) is 34.5 Å². The number of fused-ring (bicyclic) bond motifs is 1. The summed E-state index contributed by atoms with van der Waals surface area (Å²) in [4.78, 5) is 2.51. The van der Waals surface area contributed by atoms with E-state index in [0.29, 0.717) is 6.10 Å². The van der Waals surface area contributed by atoms with Crippen molar-refractivity contribution in [1.29, 1.82) is 0 Å². The van der Waals surface area contributed by atoms with Gasteiger partial charge in [-0.05, 0) is 30.9 Å². The summed E-state index contributed by atoms with van der Waals surface area (Å²) in [6.45, 7) is 5.24. The molecule has 1 saturated heterocycles. The summed E-state index contributed by atoms with van der Waals surface area (Å²) < 4.78 is 5.72. The topological polar surface area (TPSA) is 24.5 Å². The minimum atomic E-state index is 0. The zero-order chi connectivity index (χ0) is 12.2. The van der Waals surface area contributed by atoms with E-state index in [1.165, 1.54) is 24.1 Å². The molecule has 1 atom stereocenters. The van der Waals surface area contributed by atoms with Crippen molar-refractivity contribution in [2.45, 2.75) is 31.9 Å². The number of halogens is 1. The second-order valence-electron chi connectivity index (χ2n) is 5.22. The van der Waals surface area contributed by atoms with Crippen molar-refractivity contribution in [2.75, 3.05) is 31.1 Å². The first-order chi connectivity index (χ1) is 8.93. The molecule has 2 heterocycles. The Morgan fingerprint density at radius 3 is 3.05 bits per heavy atom. The third-order valence-corrected chi connectivity index (χ3v) is 3.95. The van der Waals surface area contributed by atoms with Crippen LogP contribution in [0, 0.1) is 0 Å². The predicted molar refractivity (Wildman–Crippen MR) is 81.2 cm³/mol. The van der Waals surface area contributed by atoms with Crippen LogP contribution in [0.4, 0.5) is 5.69 Å². The minimum absolute atomic E-state index is 0. The van der Waals surface area contributed by atoms with Crippen LogP contribution in [0.5, 0.6) is 0 Å². The Hall–Kier alpha value is -0.770. The average Bonchev–Trinajstić information content (AvgIpc) is 2.84. The highest BCUT2D eigenvalue weighted by Crippen LogP contribution is 2.23. The van der Waals surface area contributed by atoms with Gasteiger partial charge in [0.05, 0.1) is 6.10 Å². The molecule has 3 nitrogen and oxygen atoms in total. The first kappa shape index (κ1) is 14.6. The highest BCUT2D eigenvalue weighted by molar-refractivity contribution is 5.85. The molecule has 0 saturated carbocycles. The smallest absolute Gasteiger partial charge is 0.0592 e. The predicted octanol–water partition coefficient (Wildman–Crippen LogP) is 2.59. The average molecular weight is 283 g/mol. The van der Waals surface area contributed by atoms with Crippen LogP contribution >= 0.6 is 12.4 Å². The third kappa shape index (κ3) is 3.62. The SMILES string of the molecule is Cl.c1ccc2c(c1)CNCCN2CCC1CCCO1. The van der Waals surface area contributed by atoms with Crippen molar-refractivity contribution in [2.24, 2.45) is 0 Å². The van der Waals surface area contributed by atoms with Gasteiger partial charge in [0.25, 0.3) is 0 Å². The van der Waals surface area contributed by atoms with Gasteiger partial charge in [0.2, 0.25) is 0 Å². The van der Waals surface area contributed by atoms with Crippen molar-refractivity contribution in [3.8, 4) is 0 Å². The van der Waals surface area contributed by atoms with Crippen molar-refractivity contribution in [1.82, 2.24) is 5.32 Å². The summed E-state index contributed by atoms with van der Waals surface area (Å²) in [5, 5.41) is 3.49. The normalized spacial score (nSPS) is 22.5. The maximum atomic E-state index is 5.72. The van der Waals surface area contributed by atoms with Gasteiger partial charge in [0, 0.05) is 38.5 Å². The van der Waals surface area contributed by atoms with E-state index in [1.54, 1.807) is 0 Å². The Morgan fingerprint density at radius 1 is 1.32 bits per heavy atom. The number of nitrogens with zero attached hydrogens (tertiary/aromatic N) is 1. The van der Waals surface area contributed by atoms with Crippen LogP contribution in [0.1, 0.15) is 24.8 Å². The second kappa shape index (κ2) is 7.13. The number of nitrogens with one attached hydrogen (secondary N) is 1. The molecule has 0 radical (unpaired) electrons. The van der Waals surface area contributed by atoms with Crippen molar-refractivity contribution < 1.29 is 4.74 Å². The molecule has 19 heavy (non-hydrogen) atoms. The Bertz CT molecular complexity index is 393. The van der Waals surface area contributed by atoms with Crippen molar-refractivity contribution >= 4 is 18.1 Å². The van der Waals surface area contributed by atoms with E-state index in [4.69, 9.17) is 4.74 Å². The van der Waals surface area contributed by atoms with Crippen molar-refractivity contribution in [3.63, 3.8) is 0 Å². The zero-order valence-electron chi connectivity index (χ0n) is 11.3. The maximum Gasteiger partial charge on any atom is 0.0592 e. The molecule has 2 aliphatic heterocycles. The number of para-hydroxylation sites is 1. The van der Waals surface area contributed by atoms with Crippen molar-refractivity contribution in [3.05, 3.63) is 29.8 Å². The molecule has 0 spiro atoms. The molecule has 4 heteroatoms. The fourth-order valence-corrected chi connectivity index (χ4v) is 2.93. The lowest BCUT2D eigenvalue weighted by atomic mass is 10.1. The van der Waals surface area contributed by atoms with Gasteiger partial charge >= 0.3 is 0 Å². The maximum absolute atomic E-state index is 5.72. The summed E-state index contributed by atoms with van der Waals surface area (Å²) in [6, 6.07) is 8.75. The number of rotatable bonds is 3. The van der Waals surface area contributed by atoms with E-state index in [0.717, 1.165) is 39.2 Å². The molecule has 3 rings (SSSR count). The standard InChI is InChI=1S/C15H22N2O.ClH/c1-2-6-15-13(4-1)12-16-8-10-17(15)9-7-14-5-3-11-18-14;/h1-2,4,6,14,16H,3,5,7-12H2;1H. The van der Waals surface area contributed by atoms with Gasteiger partial charge in [-0.15, -0.1) is 12.4 Å². The van der Waals surface area contributed by atoms with E-state index < -0.39 is 0 Å². The number of benzene rings is 1. The molecule has 0 aromatic heterocycles. The van der Waals surface area contributed by atoms with E-state index >= 15 is 0 Å². The van der Waals surface area contributed by atoms with E-state index in [9.17, 15) is 0 Å². The summed E-state index contributed by atoms with van der Waals surface area (Å²) in [5.41, 5.74) is 2.82. The van der Waals surface area contributed by atoms with Crippen LogP contribution in [0.2, 0.25) is 0 Å². The highest BCUT2D eigenvalue weighted by Gasteiger charge is 2.19. The first-order valence-electron chi connectivity index (χ1n) is 7.08. The quantitative estimate of drug-likeness (QED) is 0.922. The molecule has 0 amide bonds. The molecule has 1 aromatic carbocycles. The summed E-state index contributed by atoms with van der Waals surface area (Å²) in [7, 11) is 0. The highest BCUT2D eigenvalue weighted by atomic mass is 35.5. The summed E-state index contributed by atoms with van der Waals surface area (Å²) >= 11 is 0. The first-order valence-corrected chi connectivity index (χ1v) is 7.08. The van der Waals surface area contributed by atoms with E-state index in [-0.39, 0.29) is 12.4 Å². The largest absolute Gasteiger partial charge is 0.378 e. The lowest BCUT2D eigenvalue weighted by Gasteiger charge is -2.25. The fraction of sp³-hybridized carbons (Fsp3) is 0.600. The lowest BCUT2D eigenvalue weighted by Crippen LogP contribution is -2.31. The minimum Gasteiger partial charge on any atom is -0.378 e. The zero-order valence-corrected chi connectivity index (χ0v) is 12.1. The van der Waals surface area contributed by atoms with Gasteiger partial charge in [-0.2, -0.15) is 0 Å². The van der Waals surface area contributed by atoms with Gasteiger partial charge in [-0.1, -0.05) is 18.2 Å². The van der Waals surface area contributed by atoms with Crippen LogP contribution < -0.4 is 10.2 Å². The summed E-state index contributed by atoms with van der Waals surface area (Å²) in [6.07, 6.45) is 4.14. The molecular weight excluding hydrogens is 260 g/mol. The van der Waals surface area contributed by atoms with E-state index in [1.807, 2.05) is 0 Å². The molecular formula is C15H23ClN2O. The van der Waals surface area contributed by atoms with Crippen LogP contribution in [-0.2, 0) is 11.3 Å². The number of hydrogen-bond acceptors (Lipinski definition) is 3. The second-order valence-corrected chi connectivity index (χ2v) is 5.22. The van der Waals surface area contributed by atoms with Crippen LogP contribution in [0.15, 0.2) is 24.3 Å². The van der Waals surface area contributed by atoms with Gasteiger partial charge in [-0.3, -0.25) is 0 Å². The monoisotopic (exact) mass is 282 g/mol. The number of anilines is 1. The molecule has 2 aliphatic rings. The Labute approximate surface area is 121 Å². The molecule has 1 N–H and O–H groups in total. The van der Waals surface area contributed by atoms with Crippen LogP contribution in [0.25, 0.3) is 0 Å². The molecule has 1 aromatic rings. The fourth-order valence-electron chi connectivity index (χ4n) is 2.93. The molecule has 106 valence electrons. The molecule has 0 aliphatic carbocycles. The number of hydrogen-bond donors (Lipinski definition) is 1. The Balaban J connectivity index is 0.00000133. The molecule has 1 unspecified atom stereocenters. The van der Waals surface area contributed by atoms with Gasteiger partial charge in [0.1, 0.15) is 0 Å². The van der Waals surface area contributed by atoms with Gasteiger partial charge in [0.15, 0.2) is 0 Å². The molecule has 0 bridgehead atoms. The summed E-state index contributed by atoms with van der Waals surface area (Å²) in [5.74, 6) is 0. The van der Waals surface area contributed by atoms with Gasteiger partial charge in [-0.25, -0.2) is 0 Å². The van der Waals surface area contributed by atoms with Crippen LogP contribution in [0.3, 0.4) is 0 Å². The third-order valence-electron chi connectivity index (χ3n) is 3.95. The Morgan fingerprint density at radius 2 is 2.21 bits per heavy atom. The Kier molecular flexibility index (Phi) is 5.49.